The second-order valence-corrected chi connectivity index (χ2v) is 26.2. The van der Waals surface area contributed by atoms with E-state index in [1.807, 2.05) is 6.07 Å². The van der Waals surface area contributed by atoms with Gasteiger partial charge < -0.3 is 0 Å². The van der Waals surface area contributed by atoms with E-state index in [-0.39, 0.29) is 30.1 Å². The summed E-state index contributed by atoms with van der Waals surface area (Å²) in [5.41, 5.74) is -1.70. The van der Waals surface area contributed by atoms with E-state index >= 15 is 0 Å². The summed E-state index contributed by atoms with van der Waals surface area (Å²) in [5.74, 6) is 0.166. The number of urea groups is 1. The maximum atomic E-state index is 14.4. The molecule has 0 unspecified atom stereocenters. The molecule has 3 amide bonds. The number of hydrogen-bond acceptors (Lipinski definition) is 8. The molecule has 2 aliphatic heterocycles. The van der Waals surface area contributed by atoms with Crippen LogP contribution in [-0.2, 0) is 17.0 Å². The van der Waals surface area contributed by atoms with Crippen molar-refractivity contribution in [2.24, 2.45) is 15.3 Å². The SMILES string of the molecule is CCC[CH2][Sn]([CH2]CCC)([CH2]CCC)[c]1cc(CN2C(=O)CN(/N=C/c3ccc(-c4ccc([N+](=O)[O-])cc4)o3)C2=O)cc(C2(C(F)(F)F)N=N2)c1. The first-order valence-corrected chi connectivity index (χ1v) is 24.5. The molecule has 1 aromatic heterocycles. The molecule has 0 radical (unpaired) electrons. The number of carbonyl (C=O) groups is 2. The Kier molecular flexibility index (Phi) is 11.5. The van der Waals surface area contributed by atoms with Gasteiger partial charge in [-0.05, 0) is 12.1 Å². The molecule has 1 saturated heterocycles. The van der Waals surface area contributed by atoms with Gasteiger partial charge in [0.15, 0.2) is 0 Å². The third-order valence-electron chi connectivity index (χ3n) is 9.42. The summed E-state index contributed by atoms with van der Waals surface area (Å²) < 4.78 is 52.8. The fourth-order valence-corrected chi connectivity index (χ4v) is 22.6. The third-order valence-corrected chi connectivity index (χ3v) is 25.0. The molecular formula is C35H41F3N6O5Sn. The van der Waals surface area contributed by atoms with Crippen molar-refractivity contribution in [3.8, 4) is 11.3 Å². The molecule has 3 heterocycles. The van der Waals surface area contributed by atoms with E-state index in [4.69, 9.17) is 4.42 Å². The summed E-state index contributed by atoms with van der Waals surface area (Å²) >= 11 is -3.29. The van der Waals surface area contributed by atoms with Crippen molar-refractivity contribution in [1.29, 1.82) is 0 Å². The molecule has 266 valence electrons. The first-order valence-electron chi connectivity index (χ1n) is 17.0. The quantitative estimate of drug-likeness (QED) is 0.0442. The van der Waals surface area contributed by atoms with Gasteiger partial charge in [0.25, 0.3) is 5.69 Å². The number of rotatable bonds is 17. The Morgan fingerprint density at radius 2 is 1.58 bits per heavy atom. The Labute approximate surface area is 292 Å². The van der Waals surface area contributed by atoms with E-state index < -0.39 is 47.1 Å². The van der Waals surface area contributed by atoms with E-state index in [2.05, 4.69) is 36.1 Å². The molecule has 11 nitrogen and oxygen atoms in total. The molecule has 0 N–H and O–H groups in total. The number of non-ortho nitro benzene ring substituents is 1. The fourth-order valence-electron chi connectivity index (χ4n) is 6.49. The molecule has 3 aromatic rings. The number of unbranched alkanes of at least 4 members (excludes halogenated alkanes) is 3. The number of imide groups is 1. The van der Waals surface area contributed by atoms with Crippen molar-refractivity contribution in [1.82, 2.24) is 9.91 Å². The van der Waals surface area contributed by atoms with E-state index in [0.717, 1.165) is 65.3 Å². The summed E-state index contributed by atoms with van der Waals surface area (Å²) in [7, 11) is 0. The van der Waals surface area contributed by atoms with E-state index in [0.29, 0.717) is 16.9 Å². The van der Waals surface area contributed by atoms with Gasteiger partial charge in [-0.15, -0.1) is 0 Å². The number of amides is 3. The van der Waals surface area contributed by atoms with Crippen LogP contribution >= 0.6 is 0 Å². The van der Waals surface area contributed by atoms with Gasteiger partial charge in [0, 0.05) is 17.7 Å². The standard InChI is InChI=1S/C23H14F3N6O5.3C4H9.Sn/c24-23(25,26)22(28-29-22)16-3-1-2-14(10-16)12-30-20(33)13-31(21(30)34)27-11-18-8-9-19(37-18)15-4-6-17(7-5-15)32(35)36;3*1-3-4-2;/h2-11H,12-13H2;3*1,3-4H2,2H3;/b27-11+;;;;. The van der Waals surface area contributed by atoms with Crippen LogP contribution in [0.1, 0.15) is 76.2 Å². The number of alkyl halides is 3. The van der Waals surface area contributed by atoms with Gasteiger partial charge in [0.05, 0.1) is 4.92 Å². The number of halogens is 3. The van der Waals surface area contributed by atoms with Gasteiger partial charge in [-0.2, -0.15) is 0 Å². The fraction of sp³-hybridized carbons (Fsp3) is 0.457. The topological polar surface area (TPSA) is 134 Å². The molecule has 0 spiro atoms. The van der Waals surface area contributed by atoms with Crippen LogP contribution in [0, 0.1) is 10.1 Å². The molecule has 2 aromatic carbocycles. The van der Waals surface area contributed by atoms with Crippen molar-refractivity contribution < 1.29 is 32.1 Å². The van der Waals surface area contributed by atoms with Crippen LogP contribution in [0.2, 0.25) is 13.3 Å². The molecule has 2 aliphatic rings. The zero-order valence-corrected chi connectivity index (χ0v) is 31.3. The van der Waals surface area contributed by atoms with Crippen molar-refractivity contribution in [2.45, 2.75) is 91.0 Å². The number of nitrogens with zero attached hydrogens (tertiary/aromatic N) is 6. The molecule has 0 atom stereocenters. The minimum absolute atomic E-state index is 0.0568. The van der Waals surface area contributed by atoms with Gasteiger partial charge in [0.2, 0.25) is 0 Å². The van der Waals surface area contributed by atoms with Gasteiger partial charge >= 0.3 is 243 Å². The average Bonchev–Trinajstić information content (AvgIpc) is 3.73. The Balaban J connectivity index is 1.41. The zero-order chi connectivity index (χ0) is 36.1. The van der Waals surface area contributed by atoms with Crippen molar-refractivity contribution in [3.05, 3.63) is 81.6 Å². The van der Waals surface area contributed by atoms with Crippen LogP contribution in [0.3, 0.4) is 0 Å². The van der Waals surface area contributed by atoms with Crippen molar-refractivity contribution >= 4 is 45.8 Å². The predicted octanol–water partition coefficient (Wildman–Crippen LogP) is 8.89. The van der Waals surface area contributed by atoms with Gasteiger partial charge in [-0.1, -0.05) is 0 Å². The summed E-state index contributed by atoms with van der Waals surface area (Å²) in [5, 5.41) is 23.1. The minimum atomic E-state index is -4.72. The van der Waals surface area contributed by atoms with Crippen LogP contribution in [-0.4, -0.2) is 64.1 Å². The number of carbonyl (C=O) groups excluding carboxylic acids is 2. The molecule has 5 rings (SSSR count). The van der Waals surface area contributed by atoms with Crippen molar-refractivity contribution in [3.63, 3.8) is 0 Å². The molecule has 0 aliphatic carbocycles. The second-order valence-electron chi connectivity index (χ2n) is 13.0. The Morgan fingerprint density at radius 1 is 0.960 bits per heavy atom. The summed E-state index contributed by atoms with van der Waals surface area (Å²) in [6, 6.07) is 13.4. The van der Waals surface area contributed by atoms with E-state index in [1.165, 1.54) is 24.4 Å². The Bertz CT molecular complexity index is 1750. The normalized spacial score (nSPS) is 15.9. The average molecular weight is 801 g/mol. The van der Waals surface area contributed by atoms with E-state index in [9.17, 15) is 32.9 Å². The third kappa shape index (κ3) is 7.94. The number of nitro groups is 1. The van der Waals surface area contributed by atoms with Crippen LogP contribution < -0.4 is 3.58 Å². The number of furan rings is 1. The first kappa shape index (κ1) is 37.2. The number of hydrogen-bond donors (Lipinski definition) is 0. The molecular weight excluding hydrogens is 760 g/mol. The first-order chi connectivity index (χ1) is 23.9. The van der Waals surface area contributed by atoms with Gasteiger partial charge in [-0.25, -0.2) is 0 Å². The summed E-state index contributed by atoms with van der Waals surface area (Å²) in [6.07, 6.45) is 2.55. The van der Waals surface area contributed by atoms with E-state index in [1.54, 1.807) is 30.3 Å². The van der Waals surface area contributed by atoms with Crippen molar-refractivity contribution in [2.75, 3.05) is 6.54 Å². The van der Waals surface area contributed by atoms with Gasteiger partial charge in [0.1, 0.15) is 0 Å². The monoisotopic (exact) mass is 802 g/mol. The Morgan fingerprint density at radius 3 is 2.12 bits per heavy atom. The van der Waals surface area contributed by atoms with Gasteiger partial charge in [-0.3, -0.25) is 10.1 Å². The molecule has 15 heteroatoms. The number of benzene rings is 2. The number of hydrazone groups is 1. The van der Waals surface area contributed by atoms with Crippen LogP contribution in [0.4, 0.5) is 23.7 Å². The summed E-state index contributed by atoms with van der Waals surface area (Å²) in [4.78, 5) is 38.0. The molecule has 1 fully saturated rings. The second kappa shape index (κ2) is 15.4. The maximum absolute atomic E-state index is 14.4. The molecule has 50 heavy (non-hydrogen) atoms. The predicted molar refractivity (Wildman–Crippen MR) is 185 cm³/mol. The molecule has 0 saturated carbocycles. The molecule has 0 bridgehead atoms. The van der Waals surface area contributed by atoms with Crippen LogP contribution in [0.5, 0.6) is 0 Å². The Hall–Kier alpha value is -4.08. The van der Waals surface area contributed by atoms with Crippen LogP contribution in [0.15, 0.2) is 74.3 Å². The van der Waals surface area contributed by atoms with Crippen LogP contribution in [0.25, 0.3) is 11.3 Å². The number of nitro benzene ring substituents is 1. The zero-order valence-electron chi connectivity index (χ0n) is 28.4. The summed E-state index contributed by atoms with van der Waals surface area (Å²) in [6.45, 7) is 5.83.